The van der Waals surface area contributed by atoms with Gasteiger partial charge in [0.2, 0.25) is 0 Å². The first kappa shape index (κ1) is 12.9. The van der Waals surface area contributed by atoms with E-state index in [4.69, 9.17) is 0 Å². The Morgan fingerprint density at radius 3 is 2.53 bits per heavy atom. The van der Waals surface area contributed by atoms with Gasteiger partial charge < -0.3 is 5.32 Å². The van der Waals surface area contributed by atoms with Crippen LogP contribution >= 0.6 is 15.9 Å². The van der Waals surface area contributed by atoms with Crippen LogP contribution in [0.5, 0.6) is 0 Å². The lowest BCUT2D eigenvalue weighted by Crippen LogP contribution is -2.13. The predicted octanol–water partition coefficient (Wildman–Crippen LogP) is 4.97. The lowest BCUT2D eigenvalue weighted by Gasteiger charge is -2.15. The van der Waals surface area contributed by atoms with Crippen LogP contribution in [-0.4, -0.2) is 6.54 Å². The van der Waals surface area contributed by atoms with Crippen LogP contribution in [0.15, 0.2) is 22.7 Å². The molecular weight excluding hydrogens is 281 g/mol. The molecule has 0 atom stereocenters. The Labute approximate surface area is 111 Å². The molecule has 0 aromatic heterocycles. The zero-order chi connectivity index (χ0) is 12.1. The molecule has 1 fully saturated rings. The number of benzene rings is 1. The van der Waals surface area contributed by atoms with Crippen LogP contribution in [0.1, 0.15) is 38.5 Å². The first-order valence-electron chi connectivity index (χ1n) is 6.44. The molecule has 2 rings (SSSR count). The number of anilines is 1. The van der Waals surface area contributed by atoms with Crippen molar-refractivity contribution < 1.29 is 4.39 Å². The van der Waals surface area contributed by atoms with Gasteiger partial charge >= 0.3 is 0 Å². The average Bonchev–Trinajstić information content (AvgIpc) is 2.59. The quantitative estimate of drug-likeness (QED) is 0.777. The molecule has 1 aromatic carbocycles. The molecular formula is C14H19BrFN. The minimum Gasteiger partial charge on any atom is -0.385 e. The average molecular weight is 300 g/mol. The third-order valence-corrected chi connectivity index (χ3v) is 4.10. The van der Waals surface area contributed by atoms with Crippen LogP contribution in [0, 0.1) is 11.7 Å². The lowest BCUT2D eigenvalue weighted by molar-refractivity contribution is 0.483. The lowest BCUT2D eigenvalue weighted by atomic mass is 10.0. The first-order valence-corrected chi connectivity index (χ1v) is 7.24. The van der Waals surface area contributed by atoms with Crippen LogP contribution in [-0.2, 0) is 0 Å². The molecule has 1 aromatic rings. The Bertz CT molecular complexity index is 359. The molecule has 0 saturated heterocycles. The van der Waals surface area contributed by atoms with Gasteiger partial charge in [-0.3, -0.25) is 0 Å². The van der Waals surface area contributed by atoms with Crippen molar-refractivity contribution in [2.45, 2.75) is 38.5 Å². The molecule has 0 unspecified atom stereocenters. The minimum atomic E-state index is -0.204. The first-order chi connectivity index (χ1) is 8.25. The molecule has 0 heterocycles. The largest absolute Gasteiger partial charge is 0.385 e. The smallest absolute Gasteiger partial charge is 0.137 e. The van der Waals surface area contributed by atoms with Gasteiger partial charge in [0.25, 0.3) is 0 Å². The van der Waals surface area contributed by atoms with Crippen molar-refractivity contribution in [3.05, 3.63) is 28.5 Å². The summed E-state index contributed by atoms with van der Waals surface area (Å²) in [5.41, 5.74) is 1.00. The highest BCUT2D eigenvalue weighted by Crippen LogP contribution is 2.24. The maximum atomic E-state index is 13.1. The topological polar surface area (TPSA) is 12.0 Å². The molecule has 3 heteroatoms. The number of hydrogen-bond donors (Lipinski definition) is 1. The molecule has 1 saturated carbocycles. The molecule has 1 aliphatic carbocycles. The zero-order valence-electron chi connectivity index (χ0n) is 10.0. The summed E-state index contributed by atoms with van der Waals surface area (Å²) < 4.78 is 13.6. The normalized spacial score (nSPS) is 17.8. The number of rotatable bonds is 3. The molecule has 0 amide bonds. The number of halogens is 2. The van der Waals surface area contributed by atoms with E-state index in [1.54, 1.807) is 6.07 Å². The van der Waals surface area contributed by atoms with Crippen LogP contribution in [0.4, 0.5) is 10.1 Å². The van der Waals surface area contributed by atoms with Crippen LogP contribution in [0.25, 0.3) is 0 Å². The van der Waals surface area contributed by atoms with Gasteiger partial charge in [-0.15, -0.1) is 0 Å². The van der Waals surface area contributed by atoms with Crippen molar-refractivity contribution in [1.29, 1.82) is 0 Å². The molecule has 94 valence electrons. The maximum Gasteiger partial charge on any atom is 0.137 e. The van der Waals surface area contributed by atoms with E-state index < -0.39 is 0 Å². The van der Waals surface area contributed by atoms with Crippen molar-refractivity contribution in [2.24, 2.45) is 5.92 Å². The van der Waals surface area contributed by atoms with Crippen molar-refractivity contribution in [3.8, 4) is 0 Å². The van der Waals surface area contributed by atoms with Gasteiger partial charge in [0.1, 0.15) is 5.82 Å². The van der Waals surface area contributed by atoms with Gasteiger partial charge in [-0.05, 0) is 52.9 Å². The van der Waals surface area contributed by atoms with E-state index >= 15 is 0 Å². The fourth-order valence-electron chi connectivity index (χ4n) is 2.44. The van der Waals surface area contributed by atoms with E-state index in [1.165, 1.54) is 44.6 Å². The third kappa shape index (κ3) is 3.98. The Morgan fingerprint density at radius 2 is 1.88 bits per heavy atom. The summed E-state index contributed by atoms with van der Waals surface area (Å²) in [7, 11) is 0. The Balaban J connectivity index is 1.85. The standard InChI is InChI=1S/C14H19BrFN/c15-13-9-12(7-8-14(13)16)17-10-11-5-3-1-2-4-6-11/h7-9,11,17H,1-6,10H2. The van der Waals surface area contributed by atoms with E-state index in [1.807, 2.05) is 6.07 Å². The molecule has 0 bridgehead atoms. The number of hydrogen-bond acceptors (Lipinski definition) is 1. The minimum absolute atomic E-state index is 0.204. The van der Waals surface area contributed by atoms with Crippen molar-refractivity contribution in [1.82, 2.24) is 0 Å². The monoisotopic (exact) mass is 299 g/mol. The second-order valence-corrected chi connectivity index (χ2v) is 5.72. The van der Waals surface area contributed by atoms with E-state index in [0.29, 0.717) is 4.47 Å². The van der Waals surface area contributed by atoms with Crippen LogP contribution < -0.4 is 5.32 Å². The second kappa shape index (κ2) is 6.39. The Morgan fingerprint density at radius 1 is 1.18 bits per heavy atom. The summed E-state index contributed by atoms with van der Waals surface area (Å²) >= 11 is 3.21. The van der Waals surface area contributed by atoms with E-state index in [0.717, 1.165) is 18.2 Å². The zero-order valence-corrected chi connectivity index (χ0v) is 11.6. The summed E-state index contributed by atoms with van der Waals surface area (Å²) in [5.74, 6) is 0.575. The molecule has 1 nitrogen and oxygen atoms in total. The van der Waals surface area contributed by atoms with Gasteiger partial charge in [0, 0.05) is 12.2 Å². The summed E-state index contributed by atoms with van der Waals surface area (Å²) in [4.78, 5) is 0. The Hall–Kier alpha value is -0.570. The van der Waals surface area contributed by atoms with Gasteiger partial charge in [0.15, 0.2) is 0 Å². The fourth-order valence-corrected chi connectivity index (χ4v) is 2.82. The molecule has 0 radical (unpaired) electrons. The summed E-state index contributed by atoms with van der Waals surface area (Å²) in [6.45, 7) is 1.01. The van der Waals surface area contributed by atoms with Gasteiger partial charge in [-0.25, -0.2) is 4.39 Å². The van der Waals surface area contributed by atoms with E-state index in [2.05, 4.69) is 21.2 Å². The molecule has 1 aliphatic rings. The third-order valence-electron chi connectivity index (χ3n) is 3.49. The SMILES string of the molecule is Fc1ccc(NCC2CCCCCC2)cc1Br. The van der Waals surface area contributed by atoms with Crippen LogP contribution in [0.2, 0.25) is 0 Å². The van der Waals surface area contributed by atoms with Crippen molar-refractivity contribution >= 4 is 21.6 Å². The number of nitrogens with one attached hydrogen (secondary N) is 1. The van der Waals surface area contributed by atoms with Crippen molar-refractivity contribution in [3.63, 3.8) is 0 Å². The predicted molar refractivity (Wildman–Crippen MR) is 73.8 cm³/mol. The van der Waals surface area contributed by atoms with Crippen LogP contribution in [0.3, 0.4) is 0 Å². The molecule has 0 aliphatic heterocycles. The highest BCUT2D eigenvalue weighted by molar-refractivity contribution is 9.10. The van der Waals surface area contributed by atoms with Crippen molar-refractivity contribution in [2.75, 3.05) is 11.9 Å². The van der Waals surface area contributed by atoms with E-state index in [-0.39, 0.29) is 5.82 Å². The second-order valence-electron chi connectivity index (χ2n) is 4.87. The molecule has 17 heavy (non-hydrogen) atoms. The van der Waals surface area contributed by atoms with E-state index in [9.17, 15) is 4.39 Å². The maximum absolute atomic E-state index is 13.1. The highest BCUT2D eigenvalue weighted by Gasteiger charge is 2.11. The summed E-state index contributed by atoms with van der Waals surface area (Å²) in [5, 5.41) is 3.41. The van der Waals surface area contributed by atoms with Gasteiger partial charge in [-0.1, -0.05) is 25.7 Å². The van der Waals surface area contributed by atoms with Gasteiger partial charge in [-0.2, -0.15) is 0 Å². The molecule has 0 spiro atoms. The van der Waals surface area contributed by atoms with Gasteiger partial charge in [0.05, 0.1) is 4.47 Å². The fraction of sp³-hybridized carbons (Fsp3) is 0.571. The Kier molecular flexibility index (Phi) is 4.84. The summed E-state index contributed by atoms with van der Waals surface area (Å²) in [6, 6.07) is 5.11. The summed E-state index contributed by atoms with van der Waals surface area (Å²) in [6.07, 6.45) is 8.15. The highest BCUT2D eigenvalue weighted by atomic mass is 79.9. The molecule has 1 N–H and O–H groups in total.